The normalized spacial score (nSPS) is 15.6. The molecule has 0 aliphatic rings. The SMILES string of the molecule is CC(c1cccnc1)C(O)CN. The van der Waals surface area contributed by atoms with Gasteiger partial charge in [-0.2, -0.15) is 0 Å². The van der Waals surface area contributed by atoms with Crippen LogP contribution in [0.25, 0.3) is 0 Å². The fourth-order valence-electron chi connectivity index (χ4n) is 1.07. The Morgan fingerprint density at radius 2 is 2.42 bits per heavy atom. The van der Waals surface area contributed by atoms with Crippen molar-refractivity contribution in [1.29, 1.82) is 0 Å². The maximum Gasteiger partial charge on any atom is 0.0728 e. The van der Waals surface area contributed by atoms with Crippen molar-refractivity contribution in [3.8, 4) is 0 Å². The molecule has 0 spiro atoms. The van der Waals surface area contributed by atoms with Gasteiger partial charge >= 0.3 is 0 Å². The second kappa shape index (κ2) is 4.18. The Labute approximate surface area is 72.2 Å². The van der Waals surface area contributed by atoms with Gasteiger partial charge in [0.05, 0.1) is 6.10 Å². The van der Waals surface area contributed by atoms with Gasteiger partial charge in [0, 0.05) is 24.9 Å². The number of hydrogen-bond donors (Lipinski definition) is 2. The van der Waals surface area contributed by atoms with E-state index in [2.05, 4.69) is 4.98 Å². The monoisotopic (exact) mass is 166 g/mol. The third kappa shape index (κ3) is 2.03. The largest absolute Gasteiger partial charge is 0.391 e. The van der Waals surface area contributed by atoms with Crippen LogP contribution in [0.5, 0.6) is 0 Å². The molecule has 0 amide bonds. The Hall–Kier alpha value is -0.930. The first-order valence-corrected chi connectivity index (χ1v) is 4.03. The Balaban J connectivity index is 2.71. The standard InChI is InChI=1S/C9H14N2O/c1-7(9(12)5-10)8-3-2-4-11-6-8/h2-4,6-7,9,12H,5,10H2,1H3. The number of aliphatic hydroxyl groups is 1. The second-order valence-corrected chi connectivity index (χ2v) is 2.88. The molecule has 0 fully saturated rings. The van der Waals surface area contributed by atoms with Crippen LogP contribution in [0.15, 0.2) is 24.5 Å². The van der Waals surface area contributed by atoms with Gasteiger partial charge in [0.2, 0.25) is 0 Å². The summed E-state index contributed by atoms with van der Waals surface area (Å²) in [6.45, 7) is 2.23. The number of aromatic nitrogens is 1. The summed E-state index contributed by atoms with van der Waals surface area (Å²) in [7, 11) is 0. The molecule has 1 rings (SSSR count). The minimum absolute atomic E-state index is 0.0590. The van der Waals surface area contributed by atoms with Gasteiger partial charge in [0.25, 0.3) is 0 Å². The van der Waals surface area contributed by atoms with Crippen LogP contribution in [0, 0.1) is 0 Å². The summed E-state index contributed by atoms with van der Waals surface area (Å²) in [5.74, 6) is 0.0590. The molecule has 0 aliphatic heterocycles. The van der Waals surface area contributed by atoms with Crippen molar-refractivity contribution in [2.24, 2.45) is 5.73 Å². The smallest absolute Gasteiger partial charge is 0.0728 e. The van der Waals surface area contributed by atoms with Crippen molar-refractivity contribution in [2.75, 3.05) is 6.54 Å². The summed E-state index contributed by atoms with van der Waals surface area (Å²) in [6, 6.07) is 3.80. The summed E-state index contributed by atoms with van der Waals surface area (Å²) in [5, 5.41) is 9.43. The zero-order valence-electron chi connectivity index (χ0n) is 7.14. The lowest BCUT2D eigenvalue weighted by molar-refractivity contribution is 0.157. The molecule has 1 heterocycles. The van der Waals surface area contributed by atoms with Crippen molar-refractivity contribution in [2.45, 2.75) is 18.9 Å². The van der Waals surface area contributed by atoms with E-state index in [1.165, 1.54) is 0 Å². The maximum atomic E-state index is 9.43. The Kier molecular flexibility index (Phi) is 3.19. The van der Waals surface area contributed by atoms with Crippen molar-refractivity contribution in [3.05, 3.63) is 30.1 Å². The molecule has 0 saturated heterocycles. The first-order valence-electron chi connectivity index (χ1n) is 4.03. The maximum absolute atomic E-state index is 9.43. The van der Waals surface area contributed by atoms with Crippen LogP contribution in [0.4, 0.5) is 0 Å². The van der Waals surface area contributed by atoms with Crippen molar-refractivity contribution in [1.82, 2.24) is 4.98 Å². The molecular weight excluding hydrogens is 152 g/mol. The third-order valence-electron chi connectivity index (χ3n) is 2.03. The van der Waals surface area contributed by atoms with E-state index in [9.17, 15) is 5.11 Å². The van der Waals surface area contributed by atoms with Gasteiger partial charge in [0.15, 0.2) is 0 Å². The fourth-order valence-corrected chi connectivity index (χ4v) is 1.07. The first kappa shape index (κ1) is 9.16. The predicted octanol–water partition coefficient (Wildman–Crippen LogP) is 0.505. The van der Waals surface area contributed by atoms with Gasteiger partial charge in [-0.15, -0.1) is 0 Å². The number of pyridine rings is 1. The topological polar surface area (TPSA) is 59.1 Å². The molecule has 0 radical (unpaired) electrons. The van der Waals surface area contributed by atoms with Gasteiger partial charge in [-0.3, -0.25) is 4.98 Å². The molecule has 3 N–H and O–H groups in total. The molecule has 0 bridgehead atoms. The first-order chi connectivity index (χ1) is 5.75. The van der Waals surface area contributed by atoms with Crippen LogP contribution in [-0.2, 0) is 0 Å². The molecule has 3 heteroatoms. The van der Waals surface area contributed by atoms with E-state index in [0.717, 1.165) is 5.56 Å². The number of hydrogen-bond acceptors (Lipinski definition) is 3. The number of aliphatic hydroxyl groups excluding tert-OH is 1. The van der Waals surface area contributed by atoms with Crippen LogP contribution in [0.2, 0.25) is 0 Å². The summed E-state index contributed by atoms with van der Waals surface area (Å²) >= 11 is 0. The molecule has 0 saturated carbocycles. The second-order valence-electron chi connectivity index (χ2n) is 2.88. The number of rotatable bonds is 3. The highest BCUT2D eigenvalue weighted by Crippen LogP contribution is 2.16. The summed E-state index contributed by atoms with van der Waals surface area (Å²) < 4.78 is 0. The molecule has 1 aromatic heterocycles. The molecule has 12 heavy (non-hydrogen) atoms. The highest BCUT2D eigenvalue weighted by Gasteiger charge is 2.13. The van der Waals surface area contributed by atoms with Crippen LogP contribution in [0.3, 0.4) is 0 Å². The average Bonchev–Trinajstić information content (AvgIpc) is 2.17. The van der Waals surface area contributed by atoms with E-state index in [4.69, 9.17) is 5.73 Å². The van der Waals surface area contributed by atoms with E-state index in [1.54, 1.807) is 12.4 Å². The van der Waals surface area contributed by atoms with Crippen molar-refractivity contribution >= 4 is 0 Å². The molecule has 2 atom stereocenters. The van der Waals surface area contributed by atoms with E-state index >= 15 is 0 Å². The Bertz CT molecular complexity index is 225. The molecular formula is C9H14N2O. The van der Waals surface area contributed by atoms with E-state index in [1.807, 2.05) is 19.1 Å². The fraction of sp³-hybridized carbons (Fsp3) is 0.444. The lowest BCUT2D eigenvalue weighted by Crippen LogP contribution is -2.25. The molecule has 2 unspecified atom stereocenters. The lowest BCUT2D eigenvalue weighted by Gasteiger charge is -2.16. The van der Waals surface area contributed by atoms with Gasteiger partial charge < -0.3 is 10.8 Å². The van der Waals surface area contributed by atoms with Gasteiger partial charge in [-0.1, -0.05) is 13.0 Å². The van der Waals surface area contributed by atoms with Crippen LogP contribution < -0.4 is 5.73 Å². The van der Waals surface area contributed by atoms with E-state index in [-0.39, 0.29) is 12.5 Å². The average molecular weight is 166 g/mol. The predicted molar refractivity (Wildman–Crippen MR) is 47.7 cm³/mol. The highest BCUT2D eigenvalue weighted by atomic mass is 16.3. The lowest BCUT2D eigenvalue weighted by atomic mass is 9.97. The van der Waals surface area contributed by atoms with E-state index in [0.29, 0.717) is 0 Å². The number of nitrogens with two attached hydrogens (primary N) is 1. The summed E-state index contributed by atoms with van der Waals surface area (Å²) in [6.07, 6.45) is 2.99. The van der Waals surface area contributed by atoms with Crippen LogP contribution in [-0.4, -0.2) is 22.7 Å². The minimum atomic E-state index is -0.478. The quantitative estimate of drug-likeness (QED) is 0.687. The molecule has 1 aromatic rings. The van der Waals surface area contributed by atoms with Crippen LogP contribution >= 0.6 is 0 Å². The Morgan fingerprint density at radius 1 is 1.67 bits per heavy atom. The minimum Gasteiger partial charge on any atom is -0.391 e. The Morgan fingerprint density at radius 3 is 2.92 bits per heavy atom. The van der Waals surface area contributed by atoms with Gasteiger partial charge in [0.1, 0.15) is 0 Å². The summed E-state index contributed by atoms with van der Waals surface area (Å²) in [5.41, 5.74) is 6.36. The summed E-state index contributed by atoms with van der Waals surface area (Å²) in [4.78, 5) is 3.97. The molecule has 3 nitrogen and oxygen atoms in total. The van der Waals surface area contributed by atoms with Gasteiger partial charge in [-0.05, 0) is 11.6 Å². The molecule has 66 valence electrons. The molecule has 0 aromatic carbocycles. The van der Waals surface area contributed by atoms with Crippen LogP contribution in [0.1, 0.15) is 18.4 Å². The van der Waals surface area contributed by atoms with Crippen molar-refractivity contribution < 1.29 is 5.11 Å². The highest BCUT2D eigenvalue weighted by molar-refractivity contribution is 5.15. The van der Waals surface area contributed by atoms with E-state index < -0.39 is 6.10 Å². The van der Waals surface area contributed by atoms with Gasteiger partial charge in [-0.25, -0.2) is 0 Å². The third-order valence-corrected chi connectivity index (χ3v) is 2.03. The zero-order valence-corrected chi connectivity index (χ0v) is 7.14. The molecule has 0 aliphatic carbocycles. The zero-order chi connectivity index (χ0) is 8.97. The number of nitrogens with zero attached hydrogens (tertiary/aromatic N) is 1. The van der Waals surface area contributed by atoms with Crippen molar-refractivity contribution in [3.63, 3.8) is 0 Å².